The minimum atomic E-state index is -2.76. The summed E-state index contributed by atoms with van der Waals surface area (Å²) in [5, 5.41) is 3.37. The molecule has 0 bridgehead atoms. The predicted molar refractivity (Wildman–Crippen MR) is 65.9 cm³/mol. The van der Waals surface area contributed by atoms with Gasteiger partial charge in [-0.2, -0.15) is 0 Å². The van der Waals surface area contributed by atoms with Crippen LogP contribution < -0.4 is 5.32 Å². The van der Waals surface area contributed by atoms with Crippen molar-refractivity contribution in [1.82, 2.24) is 5.32 Å². The van der Waals surface area contributed by atoms with Crippen molar-refractivity contribution >= 4 is 9.84 Å². The molecular formula is C11H25NO2S. The van der Waals surface area contributed by atoms with E-state index in [1.807, 2.05) is 0 Å². The molecule has 1 N–H and O–H groups in total. The van der Waals surface area contributed by atoms with Crippen molar-refractivity contribution in [2.75, 3.05) is 25.1 Å². The van der Waals surface area contributed by atoms with E-state index in [4.69, 9.17) is 0 Å². The summed E-state index contributed by atoms with van der Waals surface area (Å²) in [7, 11) is -2.76. The Hall–Kier alpha value is -0.0900. The molecular weight excluding hydrogens is 210 g/mol. The third-order valence-electron chi connectivity index (χ3n) is 2.38. The SMILES string of the molecule is CCCNCC(C)CCCCS(C)(=O)=O. The first kappa shape index (κ1) is 14.9. The molecule has 0 aromatic rings. The Morgan fingerprint density at radius 2 is 1.93 bits per heavy atom. The molecule has 0 amide bonds. The molecule has 0 heterocycles. The van der Waals surface area contributed by atoms with Crippen LogP contribution in [0, 0.1) is 5.92 Å². The molecule has 0 aromatic carbocycles. The molecule has 1 atom stereocenters. The fourth-order valence-electron chi connectivity index (χ4n) is 1.48. The third kappa shape index (κ3) is 11.8. The number of rotatable bonds is 9. The van der Waals surface area contributed by atoms with E-state index >= 15 is 0 Å². The van der Waals surface area contributed by atoms with Crippen LogP contribution in [0.2, 0.25) is 0 Å². The van der Waals surface area contributed by atoms with Gasteiger partial charge in [0.1, 0.15) is 9.84 Å². The van der Waals surface area contributed by atoms with Crippen LogP contribution in [0.3, 0.4) is 0 Å². The van der Waals surface area contributed by atoms with Gasteiger partial charge >= 0.3 is 0 Å². The van der Waals surface area contributed by atoms with Gasteiger partial charge in [-0.05, 0) is 38.3 Å². The van der Waals surface area contributed by atoms with Crippen molar-refractivity contribution in [3.8, 4) is 0 Å². The summed E-state index contributed by atoms with van der Waals surface area (Å²) in [6.45, 7) is 6.49. The minimum Gasteiger partial charge on any atom is -0.316 e. The molecule has 4 heteroatoms. The molecule has 15 heavy (non-hydrogen) atoms. The molecule has 0 saturated heterocycles. The fourth-order valence-corrected chi connectivity index (χ4v) is 2.21. The van der Waals surface area contributed by atoms with E-state index in [1.54, 1.807) is 0 Å². The summed E-state index contributed by atoms with van der Waals surface area (Å²) in [6.07, 6.45) is 5.41. The van der Waals surface area contributed by atoms with Gasteiger partial charge in [-0.1, -0.05) is 20.3 Å². The zero-order chi connectivity index (χ0) is 11.7. The zero-order valence-electron chi connectivity index (χ0n) is 10.3. The summed E-state index contributed by atoms with van der Waals surface area (Å²) < 4.78 is 21.7. The fraction of sp³-hybridized carbons (Fsp3) is 1.00. The summed E-state index contributed by atoms with van der Waals surface area (Å²) in [4.78, 5) is 0. The first-order chi connectivity index (χ1) is 6.95. The average Bonchev–Trinajstić information content (AvgIpc) is 2.11. The highest BCUT2D eigenvalue weighted by Crippen LogP contribution is 2.07. The van der Waals surface area contributed by atoms with Crippen LogP contribution in [-0.2, 0) is 9.84 Å². The Balaban J connectivity index is 3.35. The van der Waals surface area contributed by atoms with Crippen molar-refractivity contribution in [2.45, 2.75) is 39.5 Å². The molecule has 0 aliphatic heterocycles. The number of nitrogens with one attached hydrogen (secondary N) is 1. The maximum Gasteiger partial charge on any atom is 0.147 e. The van der Waals surface area contributed by atoms with Gasteiger partial charge in [0, 0.05) is 12.0 Å². The van der Waals surface area contributed by atoms with Gasteiger partial charge in [0.15, 0.2) is 0 Å². The van der Waals surface area contributed by atoms with E-state index in [0.29, 0.717) is 11.7 Å². The molecule has 0 rings (SSSR count). The van der Waals surface area contributed by atoms with Crippen LogP contribution in [0.5, 0.6) is 0 Å². The number of hydrogen-bond donors (Lipinski definition) is 1. The lowest BCUT2D eigenvalue weighted by Crippen LogP contribution is -2.21. The third-order valence-corrected chi connectivity index (χ3v) is 3.41. The van der Waals surface area contributed by atoms with E-state index < -0.39 is 9.84 Å². The normalized spacial score (nSPS) is 14.1. The van der Waals surface area contributed by atoms with Crippen LogP contribution >= 0.6 is 0 Å². The van der Waals surface area contributed by atoms with Crippen LogP contribution in [0.4, 0.5) is 0 Å². The van der Waals surface area contributed by atoms with E-state index in [-0.39, 0.29) is 0 Å². The molecule has 0 aliphatic rings. The molecule has 0 fully saturated rings. The largest absolute Gasteiger partial charge is 0.316 e. The molecule has 0 radical (unpaired) electrons. The van der Waals surface area contributed by atoms with Gasteiger partial charge in [0.05, 0.1) is 0 Å². The Morgan fingerprint density at radius 3 is 2.47 bits per heavy atom. The zero-order valence-corrected chi connectivity index (χ0v) is 11.1. The van der Waals surface area contributed by atoms with Crippen molar-refractivity contribution in [3.05, 3.63) is 0 Å². The Bertz CT molecular complexity index is 237. The van der Waals surface area contributed by atoms with Crippen LogP contribution in [0.15, 0.2) is 0 Å². The van der Waals surface area contributed by atoms with Crippen LogP contribution in [-0.4, -0.2) is 33.5 Å². The second kappa shape index (κ2) is 8.11. The number of unbranched alkanes of at least 4 members (excludes halogenated alkanes) is 1. The monoisotopic (exact) mass is 235 g/mol. The maximum atomic E-state index is 10.9. The first-order valence-corrected chi connectivity index (χ1v) is 7.90. The molecule has 92 valence electrons. The van der Waals surface area contributed by atoms with Crippen LogP contribution in [0.1, 0.15) is 39.5 Å². The van der Waals surface area contributed by atoms with Crippen molar-refractivity contribution in [1.29, 1.82) is 0 Å². The Morgan fingerprint density at radius 1 is 1.27 bits per heavy atom. The van der Waals surface area contributed by atoms with E-state index in [1.165, 1.54) is 12.7 Å². The van der Waals surface area contributed by atoms with Crippen molar-refractivity contribution < 1.29 is 8.42 Å². The topological polar surface area (TPSA) is 46.2 Å². The molecule has 0 spiro atoms. The summed E-state index contributed by atoms with van der Waals surface area (Å²) in [5.74, 6) is 0.985. The first-order valence-electron chi connectivity index (χ1n) is 5.84. The van der Waals surface area contributed by atoms with Gasteiger partial charge in [0.25, 0.3) is 0 Å². The van der Waals surface area contributed by atoms with Gasteiger partial charge in [-0.3, -0.25) is 0 Å². The molecule has 3 nitrogen and oxygen atoms in total. The molecule has 0 saturated carbocycles. The lowest BCUT2D eigenvalue weighted by Gasteiger charge is -2.11. The van der Waals surface area contributed by atoms with Gasteiger partial charge in [-0.15, -0.1) is 0 Å². The smallest absolute Gasteiger partial charge is 0.147 e. The van der Waals surface area contributed by atoms with Crippen molar-refractivity contribution in [2.24, 2.45) is 5.92 Å². The lowest BCUT2D eigenvalue weighted by molar-refractivity contribution is 0.464. The second-order valence-corrected chi connectivity index (χ2v) is 6.69. The summed E-state index contributed by atoms with van der Waals surface area (Å²) in [5.41, 5.74) is 0. The van der Waals surface area contributed by atoms with Gasteiger partial charge < -0.3 is 5.32 Å². The highest BCUT2D eigenvalue weighted by molar-refractivity contribution is 7.90. The Labute approximate surface area is 94.6 Å². The summed E-state index contributed by atoms with van der Waals surface area (Å²) >= 11 is 0. The van der Waals surface area contributed by atoms with E-state index in [2.05, 4.69) is 19.2 Å². The quantitative estimate of drug-likeness (QED) is 0.620. The van der Waals surface area contributed by atoms with E-state index in [0.717, 1.165) is 32.4 Å². The van der Waals surface area contributed by atoms with E-state index in [9.17, 15) is 8.42 Å². The van der Waals surface area contributed by atoms with Gasteiger partial charge in [0.2, 0.25) is 0 Å². The summed E-state index contributed by atoms with van der Waals surface area (Å²) in [6, 6.07) is 0. The van der Waals surface area contributed by atoms with Gasteiger partial charge in [-0.25, -0.2) is 8.42 Å². The highest BCUT2D eigenvalue weighted by Gasteiger charge is 2.04. The minimum absolute atomic E-state index is 0.335. The molecule has 1 unspecified atom stereocenters. The predicted octanol–water partition coefficient (Wildman–Crippen LogP) is 1.84. The maximum absolute atomic E-state index is 10.9. The van der Waals surface area contributed by atoms with Crippen LogP contribution in [0.25, 0.3) is 0 Å². The average molecular weight is 235 g/mol. The second-order valence-electron chi connectivity index (χ2n) is 4.43. The number of sulfone groups is 1. The number of hydrogen-bond acceptors (Lipinski definition) is 3. The molecule has 0 aromatic heterocycles. The Kier molecular flexibility index (Phi) is 8.06. The standard InChI is InChI=1S/C11H25NO2S/c1-4-8-12-10-11(2)7-5-6-9-15(3,13)14/h11-12H,4-10H2,1-3H3. The molecule has 0 aliphatic carbocycles. The van der Waals surface area contributed by atoms with Crippen molar-refractivity contribution in [3.63, 3.8) is 0 Å². The highest BCUT2D eigenvalue weighted by atomic mass is 32.2. The lowest BCUT2D eigenvalue weighted by atomic mass is 10.0.